The van der Waals surface area contributed by atoms with Crippen LogP contribution in [0.15, 0.2) is 41.1 Å². The summed E-state index contributed by atoms with van der Waals surface area (Å²) < 4.78 is 1.11. The molecule has 0 unspecified atom stereocenters. The van der Waals surface area contributed by atoms with Crippen LogP contribution < -0.4 is 0 Å². The third-order valence-corrected chi connectivity index (χ3v) is 5.61. The van der Waals surface area contributed by atoms with E-state index in [0.717, 1.165) is 25.7 Å². The first kappa shape index (κ1) is 14.3. The van der Waals surface area contributed by atoms with E-state index in [1.54, 1.807) is 22.7 Å². The van der Waals surface area contributed by atoms with E-state index in [1.807, 2.05) is 47.2 Å². The monoisotopic (exact) mass is 333 g/mol. The average molecular weight is 333 g/mol. The minimum atomic E-state index is -0.822. The Morgan fingerprint density at radius 1 is 1.33 bits per heavy atom. The maximum absolute atomic E-state index is 10.8. The molecule has 3 nitrogen and oxygen atoms in total. The summed E-state index contributed by atoms with van der Waals surface area (Å²) in [6.07, 6.45) is 2.00. The molecule has 2 aromatic heterocycles. The van der Waals surface area contributed by atoms with E-state index in [0.29, 0.717) is 0 Å². The van der Waals surface area contributed by atoms with Crippen LogP contribution >= 0.6 is 34.4 Å². The predicted octanol–water partition coefficient (Wildman–Crippen LogP) is 4.67. The number of thiazole rings is 1. The van der Waals surface area contributed by atoms with Gasteiger partial charge in [0.05, 0.1) is 16.0 Å². The van der Waals surface area contributed by atoms with Crippen LogP contribution in [-0.2, 0) is 4.79 Å². The van der Waals surface area contributed by atoms with E-state index >= 15 is 0 Å². The Morgan fingerprint density at radius 2 is 2.19 bits per heavy atom. The molecule has 0 saturated heterocycles. The number of aliphatic carboxylic acids is 1. The summed E-state index contributed by atoms with van der Waals surface area (Å²) in [5.41, 5.74) is 2.02. The molecule has 0 saturated carbocycles. The van der Waals surface area contributed by atoms with Gasteiger partial charge < -0.3 is 5.11 Å². The molecule has 2 heterocycles. The highest BCUT2D eigenvalue weighted by atomic mass is 32.2. The Labute approximate surface area is 134 Å². The third-order valence-electron chi connectivity index (χ3n) is 2.70. The van der Waals surface area contributed by atoms with Crippen LogP contribution in [0, 0.1) is 0 Å². The number of benzene rings is 1. The second kappa shape index (κ2) is 6.43. The Kier molecular flexibility index (Phi) is 4.38. The van der Waals surface area contributed by atoms with Gasteiger partial charge in [0.25, 0.3) is 0 Å². The lowest BCUT2D eigenvalue weighted by atomic mass is 10.3. The third kappa shape index (κ3) is 3.53. The maximum atomic E-state index is 10.8. The SMILES string of the molecule is O=C(O)CS/C(=C/c1ccsc1)c1nc2ccccc2s1. The van der Waals surface area contributed by atoms with Crippen molar-refractivity contribution in [3.05, 3.63) is 51.7 Å². The second-order valence-electron chi connectivity index (χ2n) is 4.23. The summed E-state index contributed by atoms with van der Waals surface area (Å²) in [4.78, 5) is 16.4. The van der Waals surface area contributed by atoms with Crippen molar-refractivity contribution in [2.24, 2.45) is 0 Å². The molecular weight excluding hydrogens is 322 g/mol. The van der Waals surface area contributed by atoms with Gasteiger partial charge in [0.15, 0.2) is 0 Å². The van der Waals surface area contributed by atoms with Crippen LogP contribution in [0.5, 0.6) is 0 Å². The molecule has 0 bridgehead atoms. The van der Waals surface area contributed by atoms with Crippen molar-refractivity contribution in [1.82, 2.24) is 4.98 Å². The van der Waals surface area contributed by atoms with Gasteiger partial charge in [-0.15, -0.1) is 23.1 Å². The molecule has 3 aromatic rings. The Balaban J connectivity index is 1.99. The fourth-order valence-corrected chi connectivity index (χ4v) is 4.25. The van der Waals surface area contributed by atoms with Gasteiger partial charge in [-0.2, -0.15) is 11.3 Å². The minimum absolute atomic E-state index is 0.0336. The highest BCUT2D eigenvalue weighted by Gasteiger charge is 2.11. The quantitative estimate of drug-likeness (QED) is 0.737. The predicted molar refractivity (Wildman–Crippen MR) is 91.9 cm³/mol. The number of carboxylic acids is 1. The highest BCUT2D eigenvalue weighted by Crippen LogP contribution is 2.35. The molecule has 106 valence electrons. The summed E-state index contributed by atoms with van der Waals surface area (Å²) in [7, 11) is 0. The van der Waals surface area contributed by atoms with Gasteiger partial charge in [0, 0.05) is 4.91 Å². The number of nitrogens with zero attached hydrogens (tertiary/aromatic N) is 1. The zero-order chi connectivity index (χ0) is 14.7. The van der Waals surface area contributed by atoms with Gasteiger partial charge in [-0.3, -0.25) is 4.79 Å². The van der Waals surface area contributed by atoms with Gasteiger partial charge in [-0.25, -0.2) is 4.98 Å². The molecule has 0 aliphatic carbocycles. The smallest absolute Gasteiger partial charge is 0.313 e. The number of hydrogen-bond donors (Lipinski definition) is 1. The molecule has 0 spiro atoms. The zero-order valence-corrected chi connectivity index (χ0v) is 13.3. The van der Waals surface area contributed by atoms with Crippen molar-refractivity contribution >= 4 is 61.6 Å². The number of carbonyl (C=O) groups is 1. The Morgan fingerprint density at radius 3 is 2.90 bits per heavy atom. The lowest BCUT2D eigenvalue weighted by Crippen LogP contribution is -1.97. The molecule has 0 fully saturated rings. The van der Waals surface area contributed by atoms with Crippen molar-refractivity contribution in [1.29, 1.82) is 0 Å². The van der Waals surface area contributed by atoms with Crippen LogP contribution in [0.25, 0.3) is 21.2 Å². The molecule has 0 atom stereocenters. The normalized spacial score (nSPS) is 11.9. The number of hydrogen-bond acceptors (Lipinski definition) is 5. The van der Waals surface area contributed by atoms with E-state index in [2.05, 4.69) is 4.98 Å². The first-order valence-corrected chi connectivity index (χ1v) is 8.91. The van der Waals surface area contributed by atoms with E-state index in [-0.39, 0.29) is 5.75 Å². The largest absolute Gasteiger partial charge is 0.481 e. The second-order valence-corrected chi connectivity index (χ2v) is 7.06. The summed E-state index contributed by atoms with van der Waals surface area (Å²) in [6.45, 7) is 0. The van der Waals surface area contributed by atoms with Crippen LogP contribution in [0.3, 0.4) is 0 Å². The summed E-state index contributed by atoms with van der Waals surface area (Å²) in [5.74, 6) is -0.788. The summed E-state index contributed by atoms with van der Waals surface area (Å²) >= 11 is 4.52. The summed E-state index contributed by atoms with van der Waals surface area (Å²) in [5, 5.41) is 13.8. The van der Waals surface area contributed by atoms with Crippen LogP contribution in [0.4, 0.5) is 0 Å². The topological polar surface area (TPSA) is 50.2 Å². The Bertz CT molecular complexity index is 757. The molecule has 0 aliphatic rings. The highest BCUT2D eigenvalue weighted by molar-refractivity contribution is 8.09. The van der Waals surface area contributed by atoms with Gasteiger partial charge in [0.1, 0.15) is 5.01 Å². The molecular formula is C15H11NO2S3. The Hall–Kier alpha value is -1.63. The maximum Gasteiger partial charge on any atom is 0.313 e. The lowest BCUT2D eigenvalue weighted by molar-refractivity contribution is -0.133. The van der Waals surface area contributed by atoms with E-state index < -0.39 is 5.97 Å². The van der Waals surface area contributed by atoms with Crippen molar-refractivity contribution in [3.63, 3.8) is 0 Å². The molecule has 1 N–H and O–H groups in total. The first-order chi connectivity index (χ1) is 10.2. The van der Waals surface area contributed by atoms with Gasteiger partial charge >= 0.3 is 5.97 Å². The van der Waals surface area contributed by atoms with Crippen molar-refractivity contribution < 1.29 is 9.90 Å². The molecule has 3 rings (SSSR count). The molecule has 21 heavy (non-hydrogen) atoms. The van der Waals surface area contributed by atoms with Gasteiger partial charge in [-0.1, -0.05) is 12.1 Å². The van der Waals surface area contributed by atoms with Crippen LogP contribution in [0.1, 0.15) is 10.6 Å². The van der Waals surface area contributed by atoms with Crippen molar-refractivity contribution in [3.8, 4) is 0 Å². The standard InChI is InChI=1S/C15H11NO2S3/c17-14(18)9-20-13(7-10-5-6-19-8-10)15-16-11-3-1-2-4-12(11)21-15/h1-8H,9H2,(H,17,18)/b13-7+. The number of fused-ring (bicyclic) bond motifs is 1. The number of thiophene rings is 1. The van der Waals surface area contributed by atoms with Gasteiger partial charge in [0.2, 0.25) is 0 Å². The van der Waals surface area contributed by atoms with Crippen LogP contribution in [-0.4, -0.2) is 21.8 Å². The lowest BCUT2D eigenvalue weighted by Gasteiger charge is -2.01. The number of thioether (sulfide) groups is 1. The minimum Gasteiger partial charge on any atom is -0.481 e. The van der Waals surface area contributed by atoms with Crippen molar-refractivity contribution in [2.45, 2.75) is 0 Å². The number of carboxylic acid groups (broad SMARTS) is 1. The molecule has 0 aliphatic heterocycles. The first-order valence-electron chi connectivity index (χ1n) is 6.17. The summed E-state index contributed by atoms with van der Waals surface area (Å²) in [6, 6.07) is 9.95. The molecule has 0 radical (unpaired) electrons. The fourth-order valence-electron chi connectivity index (χ4n) is 1.79. The van der Waals surface area contributed by atoms with E-state index in [9.17, 15) is 4.79 Å². The number of rotatable bonds is 5. The van der Waals surface area contributed by atoms with Crippen LogP contribution in [0.2, 0.25) is 0 Å². The van der Waals surface area contributed by atoms with Crippen molar-refractivity contribution in [2.75, 3.05) is 5.75 Å². The molecule has 6 heteroatoms. The molecule has 0 amide bonds. The fraction of sp³-hybridized carbons (Fsp3) is 0.0667. The number of para-hydroxylation sites is 1. The number of aromatic nitrogens is 1. The van der Waals surface area contributed by atoms with Gasteiger partial charge in [-0.05, 0) is 40.6 Å². The zero-order valence-electron chi connectivity index (χ0n) is 10.9. The average Bonchev–Trinajstić information content (AvgIpc) is 3.11. The molecule has 1 aromatic carbocycles. The van der Waals surface area contributed by atoms with E-state index in [1.165, 1.54) is 11.8 Å². The van der Waals surface area contributed by atoms with E-state index in [4.69, 9.17) is 5.11 Å².